The highest BCUT2D eigenvalue weighted by atomic mass is 16.6. The summed E-state index contributed by atoms with van der Waals surface area (Å²) >= 11 is 0. The fourth-order valence-corrected chi connectivity index (χ4v) is 1.72. The van der Waals surface area contributed by atoms with Crippen molar-refractivity contribution in [3.05, 3.63) is 10.1 Å². The SMILES string of the molecule is CCB(CC)CCCCCC[N+](=O)[O-]. The van der Waals surface area contributed by atoms with Crippen LogP contribution >= 0.6 is 0 Å². The molecule has 3 nitrogen and oxygen atoms in total. The Morgan fingerprint density at radius 3 is 2.14 bits per heavy atom. The lowest BCUT2D eigenvalue weighted by molar-refractivity contribution is -0.480. The van der Waals surface area contributed by atoms with E-state index in [1.807, 2.05) is 0 Å². The third kappa shape index (κ3) is 8.08. The van der Waals surface area contributed by atoms with E-state index in [-0.39, 0.29) is 11.5 Å². The molecule has 0 unspecified atom stereocenters. The first-order valence-electron chi connectivity index (χ1n) is 5.82. The first-order chi connectivity index (χ1) is 6.70. The van der Waals surface area contributed by atoms with E-state index in [1.54, 1.807) is 0 Å². The Kier molecular flexibility index (Phi) is 8.69. The van der Waals surface area contributed by atoms with Crippen LogP contribution in [-0.2, 0) is 0 Å². The molecule has 0 aliphatic heterocycles. The minimum Gasteiger partial charge on any atom is -0.265 e. The van der Waals surface area contributed by atoms with Gasteiger partial charge in [0.2, 0.25) is 6.54 Å². The van der Waals surface area contributed by atoms with E-state index in [9.17, 15) is 10.1 Å². The minimum atomic E-state index is -0.221. The first-order valence-corrected chi connectivity index (χ1v) is 5.82. The molecule has 0 N–H and O–H groups in total. The summed E-state index contributed by atoms with van der Waals surface area (Å²) in [4.78, 5) is 9.82. The molecule has 4 heteroatoms. The van der Waals surface area contributed by atoms with Crippen molar-refractivity contribution in [3.8, 4) is 0 Å². The third-order valence-corrected chi connectivity index (χ3v) is 2.86. The molecular formula is C10H22BNO2. The number of nitrogens with zero attached hydrogens (tertiary/aromatic N) is 1. The molecule has 0 bridgehead atoms. The van der Waals surface area contributed by atoms with Crippen LogP contribution in [-0.4, -0.2) is 18.2 Å². The Balaban J connectivity index is 3.16. The lowest BCUT2D eigenvalue weighted by atomic mass is 9.43. The van der Waals surface area contributed by atoms with Gasteiger partial charge in [0, 0.05) is 11.3 Å². The van der Waals surface area contributed by atoms with E-state index < -0.39 is 0 Å². The molecule has 0 saturated carbocycles. The Morgan fingerprint density at radius 1 is 1.07 bits per heavy atom. The zero-order valence-electron chi connectivity index (χ0n) is 9.50. The van der Waals surface area contributed by atoms with Gasteiger partial charge in [0.05, 0.1) is 0 Å². The van der Waals surface area contributed by atoms with Crippen molar-refractivity contribution < 1.29 is 4.92 Å². The first kappa shape index (κ1) is 13.5. The summed E-state index contributed by atoms with van der Waals surface area (Å²) in [6.45, 7) is 5.48. The van der Waals surface area contributed by atoms with Crippen LogP contribution in [0.4, 0.5) is 0 Å². The van der Waals surface area contributed by atoms with Crippen LogP contribution in [0.2, 0.25) is 19.0 Å². The molecule has 0 amide bonds. The second-order valence-corrected chi connectivity index (χ2v) is 3.94. The van der Waals surface area contributed by atoms with Gasteiger partial charge in [-0.05, 0) is 6.42 Å². The molecule has 14 heavy (non-hydrogen) atoms. The molecule has 0 radical (unpaired) electrons. The van der Waals surface area contributed by atoms with Crippen molar-refractivity contribution in [3.63, 3.8) is 0 Å². The molecule has 0 aliphatic carbocycles. The van der Waals surface area contributed by atoms with Crippen LogP contribution in [0.1, 0.15) is 39.5 Å². The molecule has 0 atom stereocenters. The van der Waals surface area contributed by atoms with E-state index in [1.165, 1.54) is 25.4 Å². The van der Waals surface area contributed by atoms with Gasteiger partial charge in [0.15, 0.2) is 0 Å². The topological polar surface area (TPSA) is 43.1 Å². The van der Waals surface area contributed by atoms with Crippen LogP contribution in [0.15, 0.2) is 0 Å². The van der Waals surface area contributed by atoms with Gasteiger partial charge in [-0.3, -0.25) is 10.1 Å². The molecule has 0 fully saturated rings. The predicted molar refractivity (Wildman–Crippen MR) is 61.9 cm³/mol. The Bertz CT molecular complexity index is 149. The van der Waals surface area contributed by atoms with Crippen molar-refractivity contribution in [2.45, 2.75) is 58.5 Å². The molecule has 82 valence electrons. The highest BCUT2D eigenvalue weighted by Crippen LogP contribution is 2.11. The van der Waals surface area contributed by atoms with Crippen LogP contribution in [0.5, 0.6) is 0 Å². The molecule has 0 saturated heterocycles. The van der Waals surface area contributed by atoms with Crippen LogP contribution < -0.4 is 0 Å². The van der Waals surface area contributed by atoms with Crippen molar-refractivity contribution in [2.24, 2.45) is 0 Å². The summed E-state index contributed by atoms with van der Waals surface area (Å²) < 4.78 is 0. The number of rotatable bonds is 9. The normalized spacial score (nSPS) is 10.1. The molecule has 0 spiro atoms. The summed E-state index contributed by atoms with van der Waals surface area (Å²) in [7, 11) is 0. The van der Waals surface area contributed by atoms with Gasteiger partial charge in [0.25, 0.3) is 0 Å². The number of hydrogen-bond donors (Lipinski definition) is 0. The van der Waals surface area contributed by atoms with E-state index in [0.717, 1.165) is 26.0 Å². The molecule has 0 aromatic rings. The summed E-state index contributed by atoms with van der Waals surface area (Å²) in [5.41, 5.74) is 0. The number of nitro groups is 1. The minimum absolute atomic E-state index is 0.144. The maximum Gasteiger partial charge on any atom is 0.203 e. The van der Waals surface area contributed by atoms with E-state index in [0.29, 0.717) is 0 Å². The van der Waals surface area contributed by atoms with Crippen LogP contribution in [0, 0.1) is 10.1 Å². The second-order valence-electron chi connectivity index (χ2n) is 3.94. The lowest BCUT2D eigenvalue weighted by Gasteiger charge is -2.07. The fraction of sp³-hybridized carbons (Fsp3) is 1.00. The molecule has 0 aromatic carbocycles. The van der Waals surface area contributed by atoms with E-state index in [2.05, 4.69) is 13.8 Å². The zero-order valence-corrected chi connectivity index (χ0v) is 9.50. The zero-order chi connectivity index (χ0) is 10.8. The molecule has 0 rings (SSSR count). The lowest BCUT2D eigenvalue weighted by Crippen LogP contribution is -2.08. The summed E-state index contributed by atoms with van der Waals surface area (Å²) in [5.74, 6) is 0. The van der Waals surface area contributed by atoms with Gasteiger partial charge >= 0.3 is 0 Å². The van der Waals surface area contributed by atoms with Gasteiger partial charge in [-0.15, -0.1) is 0 Å². The fourth-order valence-electron chi connectivity index (χ4n) is 1.72. The Morgan fingerprint density at radius 2 is 1.64 bits per heavy atom. The highest BCUT2D eigenvalue weighted by molar-refractivity contribution is 6.58. The average molecular weight is 199 g/mol. The van der Waals surface area contributed by atoms with Crippen LogP contribution in [0.3, 0.4) is 0 Å². The molecule has 0 aliphatic rings. The van der Waals surface area contributed by atoms with Gasteiger partial charge in [-0.1, -0.05) is 45.6 Å². The van der Waals surface area contributed by atoms with Gasteiger partial charge in [-0.2, -0.15) is 0 Å². The highest BCUT2D eigenvalue weighted by Gasteiger charge is 2.06. The average Bonchev–Trinajstić information content (AvgIpc) is 2.16. The number of hydrogen-bond acceptors (Lipinski definition) is 2. The van der Waals surface area contributed by atoms with Crippen molar-refractivity contribution in [1.82, 2.24) is 0 Å². The second kappa shape index (κ2) is 9.04. The largest absolute Gasteiger partial charge is 0.265 e. The van der Waals surface area contributed by atoms with Crippen molar-refractivity contribution >= 4 is 6.71 Å². The summed E-state index contributed by atoms with van der Waals surface area (Å²) in [6.07, 6.45) is 7.99. The number of unbranched alkanes of at least 4 members (excludes halogenated alkanes) is 3. The van der Waals surface area contributed by atoms with E-state index in [4.69, 9.17) is 0 Å². The maximum absolute atomic E-state index is 10.0. The van der Waals surface area contributed by atoms with Crippen molar-refractivity contribution in [2.75, 3.05) is 6.54 Å². The summed E-state index contributed by atoms with van der Waals surface area (Å²) in [6, 6.07) is 0. The maximum atomic E-state index is 10.0. The molecule has 0 aromatic heterocycles. The van der Waals surface area contributed by atoms with E-state index >= 15 is 0 Å². The standard InChI is InChI=1S/C10H22BNO2/c1-3-11(4-2)9-7-5-6-8-10-12(13)14/h3-10H2,1-2H3. The predicted octanol–water partition coefficient (Wildman–Crippen LogP) is 3.36. The smallest absolute Gasteiger partial charge is 0.203 e. The molecular weight excluding hydrogens is 177 g/mol. The van der Waals surface area contributed by atoms with Gasteiger partial charge in [0.1, 0.15) is 6.71 Å². The van der Waals surface area contributed by atoms with Crippen molar-refractivity contribution in [1.29, 1.82) is 0 Å². The molecule has 0 heterocycles. The van der Waals surface area contributed by atoms with Gasteiger partial charge in [-0.25, -0.2) is 0 Å². The quantitative estimate of drug-likeness (QED) is 0.247. The van der Waals surface area contributed by atoms with Gasteiger partial charge < -0.3 is 0 Å². The summed E-state index contributed by atoms with van der Waals surface area (Å²) in [5, 5.41) is 10.0. The Labute approximate surface area is 87.5 Å². The monoisotopic (exact) mass is 199 g/mol. The third-order valence-electron chi connectivity index (χ3n) is 2.86. The Hall–Kier alpha value is -0.535. The van der Waals surface area contributed by atoms with Crippen LogP contribution in [0.25, 0.3) is 0 Å².